The van der Waals surface area contributed by atoms with Crippen LogP contribution in [0.4, 0.5) is 17.1 Å². The van der Waals surface area contributed by atoms with Gasteiger partial charge in [0, 0.05) is 54.3 Å². The summed E-state index contributed by atoms with van der Waals surface area (Å²) in [5, 5.41) is 14.7. The van der Waals surface area contributed by atoms with Crippen LogP contribution in [0.15, 0.2) is 216 Å². The number of hydrogen-bond acceptors (Lipinski definition) is 6. The molecule has 0 bridgehead atoms. The monoisotopic (exact) mass is 886 g/mol. The van der Waals surface area contributed by atoms with E-state index in [2.05, 4.69) is 178 Å². The number of benzene rings is 8. The predicted molar refractivity (Wildman–Crippen MR) is 272 cm³/mol. The Bertz CT molecular complexity index is 4120. The number of aromatic nitrogens is 4. The molecule has 0 saturated heterocycles. The van der Waals surface area contributed by atoms with Crippen molar-refractivity contribution in [1.82, 2.24) is 19.1 Å². The lowest BCUT2D eigenvalue weighted by molar-refractivity contribution is 0.477. The molecule has 7 nitrogen and oxygen atoms in total. The summed E-state index contributed by atoms with van der Waals surface area (Å²) in [7, 11) is 0. The van der Waals surface area contributed by atoms with Gasteiger partial charge < -0.3 is 18.8 Å². The van der Waals surface area contributed by atoms with Crippen molar-refractivity contribution in [3.63, 3.8) is 0 Å². The molecule has 0 N–H and O–H groups in total. The Labute approximate surface area is 394 Å². The van der Waals surface area contributed by atoms with Crippen LogP contribution in [0.2, 0.25) is 0 Å². The zero-order chi connectivity index (χ0) is 44.7. The van der Waals surface area contributed by atoms with Gasteiger partial charge >= 0.3 is 0 Å². The molecule has 8 heteroatoms. The molecular formula is C60H34N6OS. The first-order chi connectivity index (χ1) is 33.7. The molecule has 1 unspecified atom stereocenters. The summed E-state index contributed by atoms with van der Waals surface area (Å²) >= 11 is 1.82. The molecule has 1 aliphatic carbocycles. The summed E-state index contributed by atoms with van der Waals surface area (Å²) in [4.78, 5) is 15.2. The molecule has 1 spiro atoms. The van der Waals surface area contributed by atoms with Gasteiger partial charge in [0.1, 0.15) is 0 Å². The average Bonchev–Trinajstić information content (AvgIpc) is 4.01. The van der Waals surface area contributed by atoms with Crippen LogP contribution in [0.5, 0.6) is 11.5 Å². The fourth-order valence-electron chi connectivity index (χ4n) is 11.6. The zero-order valence-electron chi connectivity index (χ0n) is 36.1. The molecule has 12 aromatic rings. The molecule has 3 aliphatic rings. The first-order valence-corrected chi connectivity index (χ1v) is 23.5. The van der Waals surface area contributed by atoms with Gasteiger partial charge in [0.15, 0.2) is 11.5 Å². The first-order valence-electron chi connectivity index (χ1n) is 22.7. The molecule has 0 radical (unpaired) electrons. The summed E-state index contributed by atoms with van der Waals surface area (Å²) in [6.07, 6.45) is 3.88. The number of anilines is 3. The summed E-state index contributed by atoms with van der Waals surface area (Å²) in [5.74, 6) is 1.56. The predicted octanol–water partition coefficient (Wildman–Crippen LogP) is 14.9. The Balaban J connectivity index is 1.07. The molecule has 15 rings (SSSR count). The Hall–Kier alpha value is -8.90. The van der Waals surface area contributed by atoms with Crippen molar-refractivity contribution in [3.8, 4) is 40.3 Å². The van der Waals surface area contributed by atoms with Crippen LogP contribution in [0.3, 0.4) is 0 Å². The number of nitriles is 1. The number of pyridine rings is 2. The fraction of sp³-hybridized carbons (Fsp3) is 0.0167. The van der Waals surface area contributed by atoms with Crippen molar-refractivity contribution in [2.45, 2.75) is 15.2 Å². The van der Waals surface area contributed by atoms with Gasteiger partial charge in [-0.3, -0.25) is 9.97 Å². The van der Waals surface area contributed by atoms with Gasteiger partial charge in [-0.15, -0.1) is 0 Å². The minimum atomic E-state index is -0.886. The van der Waals surface area contributed by atoms with Crippen molar-refractivity contribution < 1.29 is 4.74 Å². The minimum absolute atomic E-state index is 0.630. The van der Waals surface area contributed by atoms with E-state index in [-0.39, 0.29) is 0 Å². The van der Waals surface area contributed by atoms with Crippen LogP contribution in [-0.4, -0.2) is 19.1 Å². The topological polar surface area (TPSA) is 71.9 Å². The summed E-state index contributed by atoms with van der Waals surface area (Å²) in [5.41, 5.74) is 15.3. The van der Waals surface area contributed by atoms with Crippen molar-refractivity contribution in [2.24, 2.45) is 0 Å². The summed E-state index contributed by atoms with van der Waals surface area (Å²) < 4.78 is 11.3. The van der Waals surface area contributed by atoms with Gasteiger partial charge in [-0.1, -0.05) is 109 Å². The van der Waals surface area contributed by atoms with E-state index in [1.165, 1.54) is 21.8 Å². The van der Waals surface area contributed by atoms with E-state index in [0.29, 0.717) is 5.56 Å². The molecule has 4 aromatic heterocycles. The van der Waals surface area contributed by atoms with E-state index in [1.807, 2.05) is 60.6 Å². The van der Waals surface area contributed by atoms with E-state index >= 15 is 0 Å². The maximum Gasteiger partial charge on any atom is 0.151 e. The van der Waals surface area contributed by atoms with Crippen LogP contribution in [-0.2, 0) is 5.41 Å². The van der Waals surface area contributed by atoms with Crippen LogP contribution in [0, 0.1) is 11.3 Å². The van der Waals surface area contributed by atoms with Crippen molar-refractivity contribution >= 4 is 72.4 Å². The zero-order valence-corrected chi connectivity index (χ0v) is 36.9. The molecule has 1 atom stereocenters. The molecule has 0 saturated carbocycles. The third-order valence-electron chi connectivity index (χ3n) is 14.3. The number of fused-ring (bicyclic) bond motifs is 17. The van der Waals surface area contributed by atoms with Gasteiger partial charge in [0.05, 0.1) is 79.4 Å². The molecule has 6 heterocycles. The standard InChI is InChI=1S/C60H34N6OS/c61-34-36-26-29-49-42(31-36)41-15-3-6-19-48(41)66(49)52-22-11-25-55-57(52)60(43-28-27-37(33-56(43)68-55)64-46-17-4-1-13-39(46)40-14-2-5-18-47(40)64)44-16-12-30-62-58(44)59-45(60)32-38(35-63-59)65-50-20-7-9-23-53(50)67-54-24-10-8-21-51(54)65/h1-33,35H. The van der Waals surface area contributed by atoms with Crippen molar-refractivity contribution in [1.29, 1.82) is 5.26 Å². The number of para-hydroxylation sites is 7. The van der Waals surface area contributed by atoms with Crippen LogP contribution in [0.1, 0.15) is 27.8 Å². The third kappa shape index (κ3) is 4.87. The molecule has 2 aliphatic heterocycles. The Morgan fingerprint density at radius 2 is 1.10 bits per heavy atom. The first kappa shape index (κ1) is 37.3. The van der Waals surface area contributed by atoms with Gasteiger partial charge in [-0.05, 0) is 108 Å². The molecule has 68 heavy (non-hydrogen) atoms. The quantitative estimate of drug-likeness (QED) is 0.176. The second-order valence-electron chi connectivity index (χ2n) is 17.6. The van der Waals surface area contributed by atoms with Crippen molar-refractivity contribution in [2.75, 3.05) is 4.90 Å². The summed E-state index contributed by atoms with van der Waals surface area (Å²) in [6.45, 7) is 0. The second kappa shape index (κ2) is 13.8. The van der Waals surface area contributed by atoms with Crippen molar-refractivity contribution in [3.05, 3.63) is 234 Å². The third-order valence-corrected chi connectivity index (χ3v) is 15.4. The maximum absolute atomic E-state index is 10.1. The number of nitrogens with zero attached hydrogens (tertiary/aromatic N) is 6. The lowest BCUT2D eigenvalue weighted by atomic mass is 9.67. The SMILES string of the molecule is N#Cc1ccc2c(c1)c1ccccc1n2-c1cccc2c1C1(c3ccc(-n4c5ccccc5c5ccccc54)cc3S2)c2cccnc2-c2ncc(N3c4ccccc4Oc4ccccc43)cc21. The Morgan fingerprint density at radius 3 is 1.84 bits per heavy atom. The smallest absolute Gasteiger partial charge is 0.151 e. The van der Waals surface area contributed by atoms with Gasteiger partial charge in [0.25, 0.3) is 0 Å². The normalized spacial score (nSPS) is 15.1. The number of ether oxygens (including phenoxy) is 1. The largest absolute Gasteiger partial charge is 0.453 e. The minimum Gasteiger partial charge on any atom is -0.453 e. The highest BCUT2D eigenvalue weighted by Gasteiger charge is 2.53. The van der Waals surface area contributed by atoms with Crippen LogP contribution in [0.25, 0.3) is 66.4 Å². The maximum atomic E-state index is 10.1. The van der Waals surface area contributed by atoms with Gasteiger partial charge in [-0.25, -0.2) is 0 Å². The van der Waals surface area contributed by atoms with Gasteiger partial charge in [-0.2, -0.15) is 5.26 Å². The van der Waals surface area contributed by atoms with E-state index in [0.717, 1.165) is 105 Å². The van der Waals surface area contributed by atoms with Crippen LogP contribution >= 0.6 is 11.8 Å². The molecule has 0 amide bonds. The van der Waals surface area contributed by atoms with Gasteiger partial charge in [0.2, 0.25) is 0 Å². The van der Waals surface area contributed by atoms with E-state index in [4.69, 9.17) is 14.7 Å². The van der Waals surface area contributed by atoms with E-state index < -0.39 is 5.41 Å². The highest BCUT2D eigenvalue weighted by atomic mass is 32.2. The number of hydrogen-bond donors (Lipinski definition) is 0. The Kier molecular flexibility index (Phi) is 7.58. The average molecular weight is 887 g/mol. The molecule has 316 valence electrons. The highest BCUT2D eigenvalue weighted by molar-refractivity contribution is 7.99. The highest BCUT2D eigenvalue weighted by Crippen LogP contribution is 2.64. The number of rotatable bonds is 3. The molecule has 0 fully saturated rings. The van der Waals surface area contributed by atoms with E-state index in [1.54, 1.807) is 0 Å². The second-order valence-corrected chi connectivity index (χ2v) is 18.7. The fourth-order valence-corrected chi connectivity index (χ4v) is 12.9. The molecule has 8 aromatic carbocycles. The lowest BCUT2D eigenvalue weighted by Crippen LogP contribution is -2.34. The van der Waals surface area contributed by atoms with Crippen LogP contribution < -0.4 is 9.64 Å². The Morgan fingerprint density at radius 1 is 0.471 bits per heavy atom. The lowest BCUT2D eigenvalue weighted by Gasteiger charge is -2.41. The summed E-state index contributed by atoms with van der Waals surface area (Å²) in [6, 6.07) is 71.3. The van der Waals surface area contributed by atoms with E-state index in [9.17, 15) is 5.26 Å². The molecular weight excluding hydrogens is 853 g/mol.